The number of benzene rings is 1. The van der Waals surface area contributed by atoms with Crippen LogP contribution in [0.25, 0.3) is 10.7 Å². The first-order chi connectivity index (χ1) is 14.5. The van der Waals surface area contributed by atoms with Gasteiger partial charge in [0.25, 0.3) is 5.91 Å². The van der Waals surface area contributed by atoms with Crippen LogP contribution in [0, 0.1) is 6.92 Å². The van der Waals surface area contributed by atoms with Crippen molar-refractivity contribution in [2.75, 3.05) is 17.2 Å². The van der Waals surface area contributed by atoms with Crippen LogP contribution in [0.5, 0.6) is 0 Å². The van der Waals surface area contributed by atoms with E-state index in [9.17, 15) is 4.79 Å². The molecule has 4 N–H and O–H groups in total. The van der Waals surface area contributed by atoms with Crippen molar-refractivity contribution in [1.29, 1.82) is 0 Å². The van der Waals surface area contributed by atoms with Gasteiger partial charge in [-0.2, -0.15) is 0 Å². The fourth-order valence-corrected chi connectivity index (χ4v) is 4.06. The van der Waals surface area contributed by atoms with E-state index in [0.717, 1.165) is 37.9 Å². The normalized spacial score (nSPS) is 10.8. The first-order valence-electron chi connectivity index (χ1n) is 10.3. The molecule has 0 aliphatic carbocycles. The van der Waals surface area contributed by atoms with Crippen LogP contribution in [0.4, 0.5) is 16.6 Å². The molecule has 0 aliphatic heterocycles. The zero-order chi connectivity index (χ0) is 21.5. The highest BCUT2D eigenvalue weighted by molar-refractivity contribution is 7.19. The van der Waals surface area contributed by atoms with Crippen molar-refractivity contribution < 1.29 is 4.79 Å². The van der Waals surface area contributed by atoms with Crippen LogP contribution in [-0.2, 0) is 6.42 Å². The second kappa shape index (κ2) is 10.2. The molecule has 1 amide bonds. The highest BCUT2D eigenvalue weighted by atomic mass is 32.1. The molecule has 2 aromatic heterocycles. The number of aromatic nitrogens is 3. The highest BCUT2D eigenvalue weighted by Gasteiger charge is 2.18. The first-order valence-corrected chi connectivity index (χ1v) is 11.1. The number of carbonyl (C=O) groups is 1. The van der Waals surface area contributed by atoms with Gasteiger partial charge in [0.1, 0.15) is 15.7 Å². The lowest BCUT2D eigenvalue weighted by atomic mass is 10.1. The standard InChI is InChI=1S/C22H28N6OS/c1-4-6-7-9-24-21-18(19(23)29)28-20(30-21)17-8-10-25-22(27-17)26-16-12-14(3)11-15(5-2)13-16/h8,10-13,24H,4-7,9H2,1-3H3,(H2,23,29)(H,25,26,27). The maximum atomic E-state index is 11.8. The van der Waals surface area contributed by atoms with Gasteiger partial charge in [0.15, 0.2) is 5.69 Å². The lowest BCUT2D eigenvalue weighted by molar-refractivity contribution is 0.0997. The summed E-state index contributed by atoms with van der Waals surface area (Å²) in [5, 5.41) is 7.88. The quantitative estimate of drug-likeness (QED) is 0.399. The Balaban J connectivity index is 1.83. The summed E-state index contributed by atoms with van der Waals surface area (Å²) in [5.41, 5.74) is 9.80. The third kappa shape index (κ3) is 5.54. The molecule has 2 heterocycles. The molecular formula is C22H28N6OS. The molecule has 8 heteroatoms. The van der Waals surface area contributed by atoms with Gasteiger partial charge in [-0.15, -0.1) is 0 Å². The summed E-state index contributed by atoms with van der Waals surface area (Å²) >= 11 is 1.38. The predicted octanol–water partition coefficient (Wildman–Crippen LogP) is 4.92. The maximum Gasteiger partial charge on any atom is 0.270 e. The predicted molar refractivity (Wildman–Crippen MR) is 124 cm³/mol. The van der Waals surface area contributed by atoms with Gasteiger partial charge in [0.05, 0.1) is 0 Å². The van der Waals surface area contributed by atoms with Crippen molar-refractivity contribution in [2.24, 2.45) is 5.73 Å². The van der Waals surface area contributed by atoms with E-state index in [0.29, 0.717) is 21.7 Å². The number of hydrogen-bond donors (Lipinski definition) is 3. The van der Waals surface area contributed by atoms with E-state index in [2.05, 4.69) is 64.6 Å². The van der Waals surface area contributed by atoms with Gasteiger partial charge in [-0.1, -0.05) is 44.1 Å². The molecule has 0 unspecified atom stereocenters. The molecule has 158 valence electrons. The van der Waals surface area contributed by atoms with Crippen LogP contribution in [0.15, 0.2) is 30.5 Å². The number of rotatable bonds is 10. The van der Waals surface area contributed by atoms with Crippen LogP contribution in [-0.4, -0.2) is 27.4 Å². The topological polar surface area (TPSA) is 106 Å². The number of anilines is 3. The van der Waals surface area contributed by atoms with Crippen molar-refractivity contribution >= 4 is 33.9 Å². The van der Waals surface area contributed by atoms with Crippen molar-refractivity contribution in [2.45, 2.75) is 46.5 Å². The maximum absolute atomic E-state index is 11.8. The number of primary amides is 1. The molecule has 0 fully saturated rings. The number of nitrogens with two attached hydrogens (primary N) is 1. The van der Waals surface area contributed by atoms with Gasteiger partial charge < -0.3 is 16.4 Å². The fraction of sp³-hybridized carbons (Fsp3) is 0.364. The molecule has 0 atom stereocenters. The smallest absolute Gasteiger partial charge is 0.270 e. The molecule has 0 saturated heterocycles. The molecule has 0 saturated carbocycles. The number of aryl methyl sites for hydroxylation is 2. The molecule has 0 radical (unpaired) electrons. The number of amides is 1. The summed E-state index contributed by atoms with van der Waals surface area (Å²) in [6, 6.07) is 8.10. The van der Waals surface area contributed by atoms with Gasteiger partial charge in [0.2, 0.25) is 5.95 Å². The molecule has 0 aliphatic rings. The molecule has 7 nitrogen and oxygen atoms in total. The Labute approximate surface area is 181 Å². The second-order valence-electron chi connectivity index (χ2n) is 7.15. The number of nitrogens with one attached hydrogen (secondary N) is 2. The van der Waals surface area contributed by atoms with Crippen molar-refractivity contribution in [3.63, 3.8) is 0 Å². The summed E-state index contributed by atoms with van der Waals surface area (Å²) in [4.78, 5) is 25.2. The number of hydrogen-bond acceptors (Lipinski definition) is 7. The van der Waals surface area contributed by atoms with Crippen LogP contribution in [0.3, 0.4) is 0 Å². The Morgan fingerprint density at radius 2 is 2.00 bits per heavy atom. The van der Waals surface area contributed by atoms with Gasteiger partial charge in [-0.05, 0) is 49.1 Å². The van der Waals surface area contributed by atoms with Crippen molar-refractivity contribution in [3.05, 3.63) is 47.3 Å². The summed E-state index contributed by atoms with van der Waals surface area (Å²) < 4.78 is 0. The Morgan fingerprint density at radius 3 is 2.73 bits per heavy atom. The minimum Gasteiger partial charge on any atom is -0.375 e. The van der Waals surface area contributed by atoms with E-state index in [1.807, 2.05) is 0 Å². The third-order valence-corrected chi connectivity index (χ3v) is 5.64. The summed E-state index contributed by atoms with van der Waals surface area (Å²) in [6.07, 6.45) is 5.93. The lowest BCUT2D eigenvalue weighted by Gasteiger charge is -2.08. The summed E-state index contributed by atoms with van der Waals surface area (Å²) in [5.74, 6) is -0.0665. The van der Waals surface area contributed by atoms with Crippen LogP contribution in [0.2, 0.25) is 0 Å². The summed E-state index contributed by atoms with van der Waals surface area (Å²) in [6.45, 7) is 7.12. The number of thiazole rings is 1. The van der Waals surface area contributed by atoms with Crippen molar-refractivity contribution in [3.8, 4) is 10.7 Å². The Hall–Kier alpha value is -3.00. The van der Waals surface area contributed by atoms with Gasteiger partial charge in [0, 0.05) is 18.4 Å². The Kier molecular flexibility index (Phi) is 7.35. The average molecular weight is 425 g/mol. The first kappa shape index (κ1) is 21.7. The van der Waals surface area contributed by atoms with Crippen LogP contribution >= 0.6 is 11.3 Å². The molecule has 0 bridgehead atoms. The van der Waals surface area contributed by atoms with E-state index < -0.39 is 5.91 Å². The lowest BCUT2D eigenvalue weighted by Crippen LogP contribution is -2.14. The van der Waals surface area contributed by atoms with E-state index in [1.165, 1.54) is 22.5 Å². The Morgan fingerprint density at radius 1 is 1.17 bits per heavy atom. The van der Waals surface area contributed by atoms with Crippen LogP contribution < -0.4 is 16.4 Å². The van der Waals surface area contributed by atoms with Gasteiger partial charge in [-0.25, -0.2) is 15.0 Å². The molecule has 3 aromatic rings. The van der Waals surface area contributed by atoms with E-state index in [-0.39, 0.29) is 5.69 Å². The molecule has 0 spiro atoms. The van der Waals surface area contributed by atoms with Crippen molar-refractivity contribution in [1.82, 2.24) is 15.0 Å². The van der Waals surface area contributed by atoms with E-state index in [4.69, 9.17) is 5.73 Å². The average Bonchev–Trinajstić information content (AvgIpc) is 3.15. The van der Waals surface area contributed by atoms with Gasteiger partial charge >= 0.3 is 0 Å². The van der Waals surface area contributed by atoms with Gasteiger partial charge in [-0.3, -0.25) is 4.79 Å². The minimum atomic E-state index is -0.547. The van der Waals surface area contributed by atoms with E-state index >= 15 is 0 Å². The second-order valence-corrected chi connectivity index (χ2v) is 8.15. The number of carbonyl (C=O) groups excluding carboxylic acids is 1. The molecule has 30 heavy (non-hydrogen) atoms. The zero-order valence-corrected chi connectivity index (χ0v) is 18.5. The molecule has 1 aromatic carbocycles. The summed E-state index contributed by atoms with van der Waals surface area (Å²) in [7, 11) is 0. The Bertz CT molecular complexity index is 1020. The van der Waals surface area contributed by atoms with Crippen LogP contribution in [0.1, 0.15) is 54.7 Å². The van der Waals surface area contributed by atoms with E-state index in [1.54, 1.807) is 12.3 Å². The number of nitrogens with zero attached hydrogens (tertiary/aromatic N) is 3. The molecular weight excluding hydrogens is 396 g/mol. The minimum absolute atomic E-state index is 0.255. The highest BCUT2D eigenvalue weighted by Crippen LogP contribution is 2.31. The zero-order valence-electron chi connectivity index (χ0n) is 17.7. The number of unbranched alkanes of at least 4 members (excludes halogenated alkanes) is 2. The fourth-order valence-electron chi connectivity index (χ4n) is 3.10. The third-order valence-electron chi connectivity index (χ3n) is 4.60. The molecule has 3 rings (SSSR count). The SMILES string of the molecule is CCCCCNc1sc(-c2ccnc(Nc3cc(C)cc(CC)c3)n2)nc1C(N)=O. The monoisotopic (exact) mass is 424 g/mol. The largest absolute Gasteiger partial charge is 0.375 e.